The topological polar surface area (TPSA) is 72.5 Å². The number of fused-ring (bicyclic) bond motifs is 1. The van der Waals surface area contributed by atoms with Gasteiger partial charge < -0.3 is 15.0 Å². The Morgan fingerprint density at radius 3 is 2.53 bits per heavy atom. The largest absolute Gasteiger partial charge is 0.508 e. The Bertz CT molecular complexity index is 1330. The number of hydrogen-bond donors (Lipinski definition) is 2. The zero-order chi connectivity index (χ0) is 25.1. The van der Waals surface area contributed by atoms with Crippen LogP contribution in [0.4, 0.5) is 0 Å². The number of aromatic amines is 1. The first kappa shape index (κ1) is 23.8. The van der Waals surface area contributed by atoms with E-state index >= 15 is 0 Å². The zero-order valence-electron chi connectivity index (χ0n) is 20.8. The molecular formula is C30H32N4O2. The van der Waals surface area contributed by atoms with Gasteiger partial charge in [0.2, 0.25) is 0 Å². The molecule has 4 aromatic rings. The molecule has 2 N–H and O–H groups in total. The van der Waals surface area contributed by atoms with Crippen LogP contribution in [0, 0.1) is 0 Å². The molecule has 6 nitrogen and oxygen atoms in total. The van der Waals surface area contributed by atoms with Crippen molar-refractivity contribution in [1.82, 2.24) is 19.8 Å². The summed E-state index contributed by atoms with van der Waals surface area (Å²) in [5.74, 6) is 1.22. The van der Waals surface area contributed by atoms with Crippen LogP contribution in [0.15, 0.2) is 79.0 Å². The lowest BCUT2D eigenvalue weighted by molar-refractivity contribution is 0.0773. The second-order valence-electron chi connectivity index (χ2n) is 9.23. The molecule has 0 unspecified atom stereocenters. The standard InChI is InChI=1S/C30H32N4O2/c1-3-33(4-2)30(36)23-12-10-21(11-13-23)28-27-15-14-26(35)18-24(27)16-17-34(28)20-25-19-31-29(32-25)22-8-6-5-7-9-22/h5-15,18-19,28,35H,3-4,16-17,20H2,1-2H3,(H,31,32)/t28-/m1/s1. The molecule has 0 fully saturated rings. The summed E-state index contributed by atoms with van der Waals surface area (Å²) in [5.41, 5.74) is 6.29. The number of H-pyrrole nitrogens is 1. The minimum Gasteiger partial charge on any atom is -0.508 e. The molecule has 1 aromatic heterocycles. The van der Waals surface area contributed by atoms with E-state index in [1.807, 2.05) is 67.4 Å². The van der Waals surface area contributed by atoms with Crippen LogP contribution in [-0.4, -0.2) is 50.4 Å². The predicted octanol–water partition coefficient (Wildman–Crippen LogP) is 5.41. The van der Waals surface area contributed by atoms with Crippen molar-refractivity contribution in [3.63, 3.8) is 0 Å². The van der Waals surface area contributed by atoms with E-state index in [1.165, 1.54) is 5.56 Å². The van der Waals surface area contributed by atoms with Gasteiger partial charge in [-0.1, -0.05) is 48.5 Å². The van der Waals surface area contributed by atoms with Gasteiger partial charge in [0.25, 0.3) is 5.91 Å². The van der Waals surface area contributed by atoms with Crippen molar-refractivity contribution in [3.05, 3.63) is 107 Å². The Balaban J connectivity index is 1.45. The summed E-state index contributed by atoms with van der Waals surface area (Å²) in [6.07, 6.45) is 2.77. The zero-order valence-corrected chi connectivity index (χ0v) is 20.8. The maximum atomic E-state index is 12.8. The number of imidazole rings is 1. The summed E-state index contributed by atoms with van der Waals surface area (Å²) in [6.45, 7) is 6.95. The van der Waals surface area contributed by atoms with E-state index in [-0.39, 0.29) is 11.9 Å². The Morgan fingerprint density at radius 2 is 1.81 bits per heavy atom. The lowest BCUT2D eigenvalue weighted by Gasteiger charge is -2.37. The smallest absolute Gasteiger partial charge is 0.253 e. The molecule has 1 aliphatic rings. The molecule has 0 aliphatic carbocycles. The number of benzene rings is 3. The van der Waals surface area contributed by atoms with Gasteiger partial charge in [0.1, 0.15) is 11.6 Å². The number of carbonyl (C=O) groups excluding carboxylic acids is 1. The maximum Gasteiger partial charge on any atom is 0.253 e. The van der Waals surface area contributed by atoms with Crippen LogP contribution in [0.1, 0.15) is 52.6 Å². The molecule has 0 bridgehead atoms. The number of carbonyl (C=O) groups is 1. The second kappa shape index (κ2) is 10.4. The van der Waals surface area contributed by atoms with Crippen LogP contribution >= 0.6 is 0 Å². The normalized spacial score (nSPS) is 15.4. The molecule has 6 heteroatoms. The van der Waals surface area contributed by atoms with Crippen molar-refractivity contribution in [2.75, 3.05) is 19.6 Å². The first-order valence-electron chi connectivity index (χ1n) is 12.6. The summed E-state index contributed by atoms with van der Waals surface area (Å²) in [6, 6.07) is 23.8. The Labute approximate surface area is 212 Å². The Hall–Kier alpha value is -3.90. The number of rotatable bonds is 7. The van der Waals surface area contributed by atoms with Crippen molar-refractivity contribution in [3.8, 4) is 17.1 Å². The van der Waals surface area contributed by atoms with Crippen molar-refractivity contribution in [2.45, 2.75) is 32.9 Å². The highest BCUT2D eigenvalue weighted by Gasteiger charge is 2.30. The van der Waals surface area contributed by atoms with Gasteiger partial charge >= 0.3 is 0 Å². The van der Waals surface area contributed by atoms with E-state index in [2.05, 4.69) is 39.1 Å². The van der Waals surface area contributed by atoms with E-state index in [0.29, 0.717) is 30.9 Å². The quantitative estimate of drug-likeness (QED) is 0.371. The molecule has 3 aromatic carbocycles. The van der Waals surface area contributed by atoms with Crippen molar-refractivity contribution >= 4 is 5.91 Å². The van der Waals surface area contributed by atoms with Gasteiger partial charge in [-0.3, -0.25) is 9.69 Å². The predicted molar refractivity (Wildman–Crippen MR) is 142 cm³/mol. The third-order valence-corrected chi connectivity index (χ3v) is 7.03. The van der Waals surface area contributed by atoms with Gasteiger partial charge in [0.15, 0.2) is 0 Å². The summed E-state index contributed by atoms with van der Waals surface area (Å²) in [7, 11) is 0. The molecule has 1 aliphatic heterocycles. The molecule has 1 atom stereocenters. The van der Waals surface area contributed by atoms with Crippen molar-refractivity contribution < 1.29 is 9.90 Å². The number of nitrogens with zero attached hydrogens (tertiary/aromatic N) is 3. The number of aromatic hydroxyl groups is 1. The van der Waals surface area contributed by atoms with Gasteiger partial charge in [0.05, 0.1) is 6.04 Å². The highest BCUT2D eigenvalue weighted by Crippen LogP contribution is 2.37. The van der Waals surface area contributed by atoms with Crippen LogP contribution in [0.25, 0.3) is 11.4 Å². The summed E-state index contributed by atoms with van der Waals surface area (Å²) >= 11 is 0. The van der Waals surface area contributed by atoms with Gasteiger partial charge in [-0.25, -0.2) is 4.98 Å². The third-order valence-electron chi connectivity index (χ3n) is 7.03. The molecule has 0 saturated carbocycles. The summed E-state index contributed by atoms with van der Waals surface area (Å²) in [4.78, 5) is 25.2. The highest BCUT2D eigenvalue weighted by atomic mass is 16.3. The van der Waals surface area contributed by atoms with Gasteiger partial charge in [-0.05, 0) is 61.2 Å². The maximum absolute atomic E-state index is 12.8. The average molecular weight is 481 g/mol. The fourth-order valence-corrected chi connectivity index (χ4v) is 5.13. The lowest BCUT2D eigenvalue weighted by atomic mass is 9.87. The third kappa shape index (κ3) is 4.77. The molecule has 0 spiro atoms. The van der Waals surface area contributed by atoms with Crippen LogP contribution in [-0.2, 0) is 13.0 Å². The minimum atomic E-state index is 0.00966. The Kier molecular flexibility index (Phi) is 6.87. The number of phenolic OH excluding ortho intramolecular Hbond substituents is 1. The van der Waals surface area contributed by atoms with Crippen molar-refractivity contribution in [2.24, 2.45) is 0 Å². The first-order valence-corrected chi connectivity index (χ1v) is 12.6. The van der Waals surface area contributed by atoms with Gasteiger partial charge in [0, 0.05) is 49.2 Å². The van der Waals surface area contributed by atoms with Crippen LogP contribution in [0.5, 0.6) is 5.75 Å². The van der Waals surface area contributed by atoms with Crippen LogP contribution < -0.4 is 0 Å². The van der Waals surface area contributed by atoms with Crippen LogP contribution in [0.3, 0.4) is 0 Å². The lowest BCUT2D eigenvalue weighted by Crippen LogP contribution is -2.36. The number of amides is 1. The number of aromatic nitrogens is 2. The monoisotopic (exact) mass is 480 g/mol. The summed E-state index contributed by atoms with van der Waals surface area (Å²) in [5, 5.41) is 10.1. The van der Waals surface area contributed by atoms with Crippen LogP contribution in [0.2, 0.25) is 0 Å². The van der Waals surface area contributed by atoms with E-state index in [0.717, 1.165) is 41.2 Å². The van der Waals surface area contributed by atoms with Crippen molar-refractivity contribution in [1.29, 1.82) is 0 Å². The first-order chi connectivity index (χ1) is 17.6. The number of phenols is 1. The van der Waals surface area contributed by atoms with E-state index in [1.54, 1.807) is 6.07 Å². The minimum absolute atomic E-state index is 0.00966. The molecule has 0 radical (unpaired) electrons. The fraction of sp³-hybridized carbons (Fsp3) is 0.267. The average Bonchev–Trinajstić information content (AvgIpc) is 3.38. The van der Waals surface area contributed by atoms with Gasteiger partial charge in [-0.15, -0.1) is 0 Å². The molecule has 2 heterocycles. The highest BCUT2D eigenvalue weighted by molar-refractivity contribution is 5.94. The molecule has 0 saturated heterocycles. The molecule has 1 amide bonds. The van der Waals surface area contributed by atoms with Gasteiger partial charge in [-0.2, -0.15) is 0 Å². The van der Waals surface area contributed by atoms with E-state index < -0.39 is 0 Å². The SMILES string of the molecule is CCN(CC)C(=O)c1ccc([C@@H]2c3ccc(O)cc3CCN2Cc2cnc(-c3ccccc3)[nH]2)cc1. The molecule has 5 rings (SSSR count). The second-order valence-corrected chi connectivity index (χ2v) is 9.23. The van der Waals surface area contributed by atoms with E-state index in [9.17, 15) is 9.90 Å². The number of nitrogens with one attached hydrogen (secondary N) is 1. The molecular weight excluding hydrogens is 448 g/mol. The fourth-order valence-electron chi connectivity index (χ4n) is 5.13. The molecule has 184 valence electrons. The number of hydrogen-bond acceptors (Lipinski definition) is 4. The Morgan fingerprint density at radius 1 is 1.06 bits per heavy atom. The summed E-state index contributed by atoms with van der Waals surface area (Å²) < 4.78 is 0. The van der Waals surface area contributed by atoms with E-state index in [4.69, 9.17) is 0 Å². The molecule has 36 heavy (non-hydrogen) atoms.